The SMILES string of the molecule is CNC(C)(C)C(=O)N(C)c1cc(Br)ccc1F. The molecule has 5 heteroatoms. The Kier molecular flexibility index (Phi) is 4.27. The van der Waals surface area contributed by atoms with Crippen molar-refractivity contribution < 1.29 is 9.18 Å². The van der Waals surface area contributed by atoms with Gasteiger partial charge in [-0.2, -0.15) is 0 Å². The van der Waals surface area contributed by atoms with Gasteiger partial charge in [-0.15, -0.1) is 0 Å². The Morgan fingerprint density at radius 1 is 1.47 bits per heavy atom. The van der Waals surface area contributed by atoms with Crippen LogP contribution in [0.15, 0.2) is 22.7 Å². The number of benzene rings is 1. The smallest absolute Gasteiger partial charge is 0.246 e. The van der Waals surface area contributed by atoms with Crippen LogP contribution in [-0.4, -0.2) is 25.5 Å². The number of rotatable bonds is 3. The minimum absolute atomic E-state index is 0.197. The van der Waals surface area contributed by atoms with E-state index in [1.165, 1.54) is 11.0 Å². The number of likely N-dealkylation sites (N-methyl/N-ethyl adjacent to an activating group) is 2. The van der Waals surface area contributed by atoms with Gasteiger partial charge in [-0.3, -0.25) is 4.79 Å². The number of hydrogen-bond acceptors (Lipinski definition) is 2. The zero-order chi connectivity index (χ0) is 13.2. The normalized spacial score (nSPS) is 11.4. The van der Waals surface area contributed by atoms with Crippen molar-refractivity contribution in [2.75, 3.05) is 19.0 Å². The van der Waals surface area contributed by atoms with Gasteiger partial charge in [0.1, 0.15) is 5.82 Å². The highest BCUT2D eigenvalue weighted by Crippen LogP contribution is 2.24. The Morgan fingerprint density at radius 2 is 2.06 bits per heavy atom. The quantitative estimate of drug-likeness (QED) is 0.931. The molecule has 0 bridgehead atoms. The first-order chi connectivity index (χ1) is 7.79. The Morgan fingerprint density at radius 3 is 2.59 bits per heavy atom. The zero-order valence-electron chi connectivity index (χ0n) is 10.3. The van der Waals surface area contributed by atoms with Gasteiger partial charge in [-0.1, -0.05) is 15.9 Å². The van der Waals surface area contributed by atoms with Crippen LogP contribution in [0, 0.1) is 5.82 Å². The number of nitrogens with zero attached hydrogens (tertiary/aromatic N) is 1. The fourth-order valence-corrected chi connectivity index (χ4v) is 1.73. The van der Waals surface area contributed by atoms with E-state index in [0.717, 1.165) is 4.47 Å². The van der Waals surface area contributed by atoms with Crippen molar-refractivity contribution in [3.8, 4) is 0 Å². The van der Waals surface area contributed by atoms with E-state index < -0.39 is 11.4 Å². The van der Waals surface area contributed by atoms with E-state index >= 15 is 0 Å². The molecule has 0 atom stereocenters. The summed E-state index contributed by atoms with van der Waals surface area (Å²) in [4.78, 5) is 13.5. The third-order valence-electron chi connectivity index (χ3n) is 2.73. The van der Waals surface area contributed by atoms with E-state index in [1.807, 2.05) is 0 Å². The lowest BCUT2D eigenvalue weighted by Gasteiger charge is -2.29. The monoisotopic (exact) mass is 302 g/mol. The van der Waals surface area contributed by atoms with Gasteiger partial charge in [-0.25, -0.2) is 4.39 Å². The van der Waals surface area contributed by atoms with Crippen LogP contribution in [0.3, 0.4) is 0 Å². The number of anilines is 1. The molecule has 0 aromatic heterocycles. The fourth-order valence-electron chi connectivity index (χ4n) is 1.38. The summed E-state index contributed by atoms with van der Waals surface area (Å²) in [5, 5.41) is 2.90. The Labute approximate surface area is 109 Å². The molecule has 1 aromatic carbocycles. The summed E-state index contributed by atoms with van der Waals surface area (Å²) in [6, 6.07) is 4.51. The van der Waals surface area contributed by atoms with E-state index in [9.17, 15) is 9.18 Å². The van der Waals surface area contributed by atoms with Gasteiger partial charge >= 0.3 is 0 Å². The summed E-state index contributed by atoms with van der Waals surface area (Å²) in [6.07, 6.45) is 0. The molecule has 0 heterocycles. The lowest BCUT2D eigenvalue weighted by molar-refractivity contribution is -0.123. The molecule has 0 saturated heterocycles. The van der Waals surface area contributed by atoms with E-state index in [-0.39, 0.29) is 11.6 Å². The van der Waals surface area contributed by atoms with Gasteiger partial charge in [-0.05, 0) is 39.1 Å². The molecule has 0 unspecified atom stereocenters. The van der Waals surface area contributed by atoms with Crippen molar-refractivity contribution in [3.63, 3.8) is 0 Å². The molecule has 1 rings (SSSR count). The molecule has 17 heavy (non-hydrogen) atoms. The average Bonchev–Trinajstić information content (AvgIpc) is 2.30. The molecule has 0 saturated carbocycles. The molecule has 1 amide bonds. The summed E-state index contributed by atoms with van der Waals surface area (Å²) >= 11 is 3.26. The Balaban J connectivity index is 3.08. The van der Waals surface area contributed by atoms with Gasteiger partial charge in [0.25, 0.3) is 0 Å². The molecule has 3 nitrogen and oxygen atoms in total. The summed E-state index contributed by atoms with van der Waals surface area (Å²) in [7, 11) is 3.26. The molecular formula is C12H16BrFN2O. The van der Waals surface area contributed by atoms with E-state index in [0.29, 0.717) is 0 Å². The van der Waals surface area contributed by atoms with E-state index in [1.54, 1.807) is 40.1 Å². The van der Waals surface area contributed by atoms with Gasteiger partial charge < -0.3 is 10.2 Å². The molecule has 94 valence electrons. The van der Waals surface area contributed by atoms with Crippen molar-refractivity contribution in [2.45, 2.75) is 19.4 Å². The Hall–Kier alpha value is -0.940. The number of hydrogen-bond donors (Lipinski definition) is 1. The van der Waals surface area contributed by atoms with Crippen LogP contribution in [0.2, 0.25) is 0 Å². The average molecular weight is 303 g/mol. The second-order valence-corrected chi connectivity index (χ2v) is 5.25. The first kappa shape index (κ1) is 14.1. The molecule has 1 N–H and O–H groups in total. The second kappa shape index (κ2) is 5.14. The summed E-state index contributed by atoms with van der Waals surface area (Å²) in [6.45, 7) is 3.50. The van der Waals surface area contributed by atoms with Crippen LogP contribution in [-0.2, 0) is 4.79 Å². The zero-order valence-corrected chi connectivity index (χ0v) is 11.9. The molecule has 0 spiro atoms. The number of nitrogens with one attached hydrogen (secondary N) is 1. The molecule has 0 aliphatic heterocycles. The first-order valence-electron chi connectivity index (χ1n) is 5.21. The molecule has 0 aliphatic rings. The van der Waals surface area contributed by atoms with Crippen LogP contribution in [0.25, 0.3) is 0 Å². The number of carbonyl (C=O) groups excluding carboxylic acids is 1. The maximum absolute atomic E-state index is 13.6. The van der Waals surface area contributed by atoms with Crippen molar-refractivity contribution in [1.82, 2.24) is 5.32 Å². The largest absolute Gasteiger partial charge is 0.311 e. The first-order valence-corrected chi connectivity index (χ1v) is 6.01. The number of halogens is 2. The fraction of sp³-hybridized carbons (Fsp3) is 0.417. The standard InChI is InChI=1S/C12H16BrFN2O/c1-12(2,15-3)11(17)16(4)10-7-8(13)5-6-9(10)14/h5-7,15H,1-4H3. The second-order valence-electron chi connectivity index (χ2n) is 4.33. The van der Waals surface area contributed by atoms with Gasteiger partial charge in [0, 0.05) is 11.5 Å². The lowest BCUT2D eigenvalue weighted by Crippen LogP contribution is -2.52. The molecule has 1 aromatic rings. The minimum atomic E-state index is -0.733. The molecule has 0 aliphatic carbocycles. The van der Waals surface area contributed by atoms with Crippen molar-refractivity contribution >= 4 is 27.5 Å². The minimum Gasteiger partial charge on any atom is -0.311 e. The van der Waals surface area contributed by atoms with Crippen molar-refractivity contribution in [3.05, 3.63) is 28.5 Å². The lowest BCUT2D eigenvalue weighted by atomic mass is 10.0. The van der Waals surface area contributed by atoms with Crippen molar-refractivity contribution in [2.24, 2.45) is 0 Å². The Bertz CT molecular complexity index is 435. The van der Waals surface area contributed by atoms with Crippen molar-refractivity contribution in [1.29, 1.82) is 0 Å². The summed E-state index contributed by atoms with van der Waals surface area (Å²) < 4.78 is 14.4. The van der Waals surface area contributed by atoms with Gasteiger partial charge in [0.15, 0.2) is 0 Å². The van der Waals surface area contributed by atoms with E-state index in [4.69, 9.17) is 0 Å². The van der Waals surface area contributed by atoms with Crippen LogP contribution >= 0.6 is 15.9 Å². The van der Waals surface area contributed by atoms with Crippen LogP contribution in [0.4, 0.5) is 10.1 Å². The van der Waals surface area contributed by atoms with Crippen LogP contribution < -0.4 is 10.2 Å². The van der Waals surface area contributed by atoms with Crippen LogP contribution in [0.1, 0.15) is 13.8 Å². The van der Waals surface area contributed by atoms with Gasteiger partial charge in [0.05, 0.1) is 11.2 Å². The number of carbonyl (C=O) groups is 1. The summed E-state index contributed by atoms with van der Waals surface area (Å²) in [5.41, 5.74) is -0.476. The third kappa shape index (κ3) is 3.04. The topological polar surface area (TPSA) is 32.3 Å². The van der Waals surface area contributed by atoms with Gasteiger partial charge in [0.2, 0.25) is 5.91 Å². The molecule has 0 radical (unpaired) electrons. The highest BCUT2D eigenvalue weighted by Gasteiger charge is 2.30. The molecular weight excluding hydrogens is 287 g/mol. The molecule has 0 fully saturated rings. The number of amides is 1. The maximum Gasteiger partial charge on any atom is 0.246 e. The third-order valence-corrected chi connectivity index (χ3v) is 3.23. The summed E-state index contributed by atoms with van der Waals surface area (Å²) in [5.74, 6) is -0.618. The predicted octanol–water partition coefficient (Wildman–Crippen LogP) is 2.55. The van der Waals surface area contributed by atoms with E-state index in [2.05, 4.69) is 21.2 Å². The highest BCUT2D eigenvalue weighted by atomic mass is 79.9. The highest BCUT2D eigenvalue weighted by molar-refractivity contribution is 9.10. The predicted molar refractivity (Wildman–Crippen MR) is 70.6 cm³/mol. The maximum atomic E-state index is 13.6. The van der Waals surface area contributed by atoms with Crippen LogP contribution in [0.5, 0.6) is 0 Å².